The lowest BCUT2D eigenvalue weighted by Crippen LogP contribution is -2.32. The Bertz CT molecular complexity index is 559. The molecule has 2 N–H and O–H groups in total. The first kappa shape index (κ1) is 15.5. The largest absolute Gasteiger partial charge is 0.465 e. The van der Waals surface area contributed by atoms with Crippen molar-refractivity contribution in [3.05, 3.63) is 17.1 Å². The molecule has 1 aromatic heterocycles. The van der Waals surface area contributed by atoms with Crippen LogP contribution < -0.4 is 10.0 Å². The Kier molecular flexibility index (Phi) is 4.85. The Labute approximate surface area is 119 Å². The van der Waals surface area contributed by atoms with E-state index < -0.39 is 10.0 Å². The molecule has 0 aliphatic carbocycles. The van der Waals surface area contributed by atoms with Gasteiger partial charge in [0.15, 0.2) is 0 Å². The lowest BCUT2D eigenvalue weighted by atomic mass is 10.2. The molecule has 1 aromatic rings. The number of furan rings is 1. The molecule has 1 saturated heterocycles. The van der Waals surface area contributed by atoms with Crippen LogP contribution in [0.4, 0.5) is 0 Å². The lowest BCUT2D eigenvalue weighted by Gasteiger charge is -2.12. The van der Waals surface area contributed by atoms with Crippen molar-refractivity contribution >= 4 is 10.0 Å². The van der Waals surface area contributed by atoms with Crippen molar-refractivity contribution in [2.45, 2.75) is 44.2 Å². The second kappa shape index (κ2) is 6.26. The van der Waals surface area contributed by atoms with Crippen LogP contribution in [0.5, 0.6) is 0 Å². The van der Waals surface area contributed by atoms with Crippen LogP contribution in [0.25, 0.3) is 0 Å². The van der Waals surface area contributed by atoms with Crippen LogP contribution in [0.1, 0.15) is 29.9 Å². The van der Waals surface area contributed by atoms with Gasteiger partial charge in [0.05, 0.1) is 6.10 Å². The maximum absolute atomic E-state index is 12.5. The van der Waals surface area contributed by atoms with Gasteiger partial charge >= 0.3 is 0 Å². The number of ether oxygens (including phenoxy) is 1. The first-order valence-electron chi connectivity index (χ1n) is 6.80. The monoisotopic (exact) mass is 302 g/mol. The van der Waals surface area contributed by atoms with Crippen LogP contribution in [-0.4, -0.2) is 34.7 Å². The van der Waals surface area contributed by atoms with Gasteiger partial charge in [-0.2, -0.15) is 0 Å². The standard InChI is InChI=1S/C13H22N2O4S/c1-9-12(8-14-3)13(10(2)19-9)20(16,17)15-7-11-5-4-6-18-11/h11,14-15H,4-8H2,1-3H3. The van der Waals surface area contributed by atoms with Gasteiger partial charge in [0, 0.05) is 25.3 Å². The minimum Gasteiger partial charge on any atom is -0.465 e. The summed E-state index contributed by atoms with van der Waals surface area (Å²) in [5.41, 5.74) is 0.685. The van der Waals surface area contributed by atoms with E-state index >= 15 is 0 Å². The molecule has 1 aliphatic heterocycles. The summed E-state index contributed by atoms with van der Waals surface area (Å²) in [5, 5.41) is 2.97. The summed E-state index contributed by atoms with van der Waals surface area (Å²) in [4.78, 5) is 0.252. The summed E-state index contributed by atoms with van der Waals surface area (Å²) in [6.45, 7) is 4.93. The molecule has 0 aromatic carbocycles. The van der Waals surface area contributed by atoms with Gasteiger partial charge in [0.1, 0.15) is 16.4 Å². The lowest BCUT2D eigenvalue weighted by molar-refractivity contribution is 0.114. The Morgan fingerprint density at radius 3 is 2.65 bits per heavy atom. The van der Waals surface area contributed by atoms with Gasteiger partial charge in [0.2, 0.25) is 10.0 Å². The molecule has 1 fully saturated rings. The SMILES string of the molecule is CNCc1c(C)oc(C)c1S(=O)(=O)NCC1CCCO1. The van der Waals surface area contributed by atoms with Crippen molar-refractivity contribution in [3.8, 4) is 0 Å². The van der Waals surface area contributed by atoms with E-state index in [0.29, 0.717) is 36.8 Å². The Hall–Kier alpha value is -0.890. The number of nitrogens with one attached hydrogen (secondary N) is 2. The van der Waals surface area contributed by atoms with Crippen LogP contribution in [0.2, 0.25) is 0 Å². The van der Waals surface area contributed by atoms with E-state index in [4.69, 9.17) is 9.15 Å². The maximum atomic E-state index is 12.5. The number of sulfonamides is 1. The summed E-state index contributed by atoms with van der Waals surface area (Å²) >= 11 is 0. The highest BCUT2D eigenvalue weighted by Gasteiger charge is 2.27. The summed E-state index contributed by atoms with van der Waals surface area (Å²) in [6, 6.07) is 0. The minimum absolute atomic E-state index is 0.0224. The predicted octanol–water partition coefficient (Wildman–Crippen LogP) is 1.07. The van der Waals surface area contributed by atoms with Crippen LogP contribution in [0, 0.1) is 13.8 Å². The molecule has 2 heterocycles. The highest BCUT2D eigenvalue weighted by atomic mass is 32.2. The third-order valence-electron chi connectivity index (χ3n) is 3.47. The molecule has 20 heavy (non-hydrogen) atoms. The van der Waals surface area contributed by atoms with Crippen molar-refractivity contribution in [1.82, 2.24) is 10.0 Å². The quantitative estimate of drug-likeness (QED) is 0.821. The van der Waals surface area contributed by atoms with Crippen molar-refractivity contribution in [2.75, 3.05) is 20.2 Å². The summed E-state index contributed by atoms with van der Waals surface area (Å²) in [5.74, 6) is 1.06. The van der Waals surface area contributed by atoms with Gasteiger partial charge < -0.3 is 14.5 Å². The highest BCUT2D eigenvalue weighted by Crippen LogP contribution is 2.26. The van der Waals surface area contributed by atoms with Gasteiger partial charge in [-0.25, -0.2) is 13.1 Å². The minimum atomic E-state index is -3.57. The fourth-order valence-electron chi connectivity index (χ4n) is 2.52. The van der Waals surface area contributed by atoms with Crippen molar-refractivity contribution in [2.24, 2.45) is 0 Å². The zero-order chi connectivity index (χ0) is 14.8. The molecule has 114 valence electrons. The van der Waals surface area contributed by atoms with E-state index in [9.17, 15) is 8.42 Å². The molecule has 7 heteroatoms. The zero-order valence-electron chi connectivity index (χ0n) is 12.2. The molecule has 0 bridgehead atoms. The van der Waals surface area contributed by atoms with E-state index in [1.165, 1.54) is 0 Å². The summed E-state index contributed by atoms with van der Waals surface area (Å²) in [7, 11) is -1.80. The van der Waals surface area contributed by atoms with Gasteiger partial charge in [-0.05, 0) is 33.7 Å². The second-order valence-electron chi connectivity index (χ2n) is 5.04. The first-order chi connectivity index (χ1) is 9.45. The molecule has 6 nitrogen and oxygen atoms in total. The van der Waals surface area contributed by atoms with Crippen molar-refractivity contribution < 1.29 is 17.6 Å². The normalized spacial score (nSPS) is 19.6. The molecular formula is C13H22N2O4S. The van der Waals surface area contributed by atoms with Crippen LogP contribution in [-0.2, 0) is 21.3 Å². The summed E-state index contributed by atoms with van der Waals surface area (Å²) in [6.07, 6.45) is 1.86. The molecule has 1 aliphatic rings. The smallest absolute Gasteiger partial charge is 0.244 e. The molecule has 0 saturated carbocycles. The van der Waals surface area contributed by atoms with E-state index in [1.807, 2.05) is 0 Å². The van der Waals surface area contributed by atoms with Crippen molar-refractivity contribution in [1.29, 1.82) is 0 Å². The van der Waals surface area contributed by atoms with E-state index in [1.54, 1.807) is 20.9 Å². The Morgan fingerprint density at radius 1 is 1.30 bits per heavy atom. The fourth-order valence-corrected chi connectivity index (χ4v) is 4.03. The Morgan fingerprint density at radius 2 is 2.05 bits per heavy atom. The molecule has 0 spiro atoms. The zero-order valence-corrected chi connectivity index (χ0v) is 13.0. The second-order valence-corrected chi connectivity index (χ2v) is 6.74. The molecule has 1 atom stereocenters. The number of rotatable bonds is 6. The highest BCUT2D eigenvalue weighted by molar-refractivity contribution is 7.89. The first-order valence-corrected chi connectivity index (χ1v) is 8.28. The van der Waals surface area contributed by atoms with Gasteiger partial charge in [0.25, 0.3) is 0 Å². The number of hydrogen-bond acceptors (Lipinski definition) is 5. The predicted molar refractivity (Wildman–Crippen MR) is 75.1 cm³/mol. The van der Waals surface area contributed by atoms with E-state index in [2.05, 4.69) is 10.0 Å². The molecular weight excluding hydrogens is 280 g/mol. The molecule has 0 amide bonds. The van der Waals surface area contributed by atoms with E-state index in [0.717, 1.165) is 12.8 Å². The third-order valence-corrected chi connectivity index (χ3v) is 5.09. The van der Waals surface area contributed by atoms with Gasteiger partial charge in [-0.15, -0.1) is 0 Å². The molecule has 2 rings (SSSR count). The van der Waals surface area contributed by atoms with Crippen LogP contribution in [0.15, 0.2) is 9.31 Å². The average Bonchev–Trinajstić information content (AvgIpc) is 2.97. The van der Waals surface area contributed by atoms with Crippen LogP contribution in [0.3, 0.4) is 0 Å². The number of aryl methyl sites for hydroxylation is 2. The number of hydrogen-bond donors (Lipinski definition) is 2. The van der Waals surface area contributed by atoms with E-state index in [-0.39, 0.29) is 11.0 Å². The van der Waals surface area contributed by atoms with Crippen LogP contribution >= 0.6 is 0 Å². The van der Waals surface area contributed by atoms with Gasteiger partial charge in [-0.1, -0.05) is 0 Å². The average molecular weight is 302 g/mol. The third kappa shape index (κ3) is 3.22. The Balaban J connectivity index is 2.19. The molecule has 0 radical (unpaired) electrons. The topological polar surface area (TPSA) is 80.6 Å². The fraction of sp³-hybridized carbons (Fsp3) is 0.692. The van der Waals surface area contributed by atoms with Crippen molar-refractivity contribution in [3.63, 3.8) is 0 Å². The molecule has 1 unspecified atom stereocenters. The summed E-state index contributed by atoms with van der Waals surface area (Å²) < 4.78 is 38.5. The maximum Gasteiger partial charge on any atom is 0.244 e. The van der Waals surface area contributed by atoms with Gasteiger partial charge in [-0.3, -0.25) is 0 Å².